The van der Waals surface area contributed by atoms with Gasteiger partial charge >= 0.3 is 6.01 Å². The Bertz CT molecular complexity index is 576. The topological polar surface area (TPSA) is 73.1 Å². The molecule has 0 saturated carbocycles. The Labute approximate surface area is 116 Å². The number of benzene rings is 1. The van der Waals surface area contributed by atoms with E-state index in [4.69, 9.17) is 22.1 Å². The van der Waals surface area contributed by atoms with Gasteiger partial charge in [-0.25, -0.2) is 4.98 Å². The number of hydrogen-bond acceptors (Lipinski definition) is 5. The third-order valence-corrected chi connectivity index (χ3v) is 3.00. The van der Waals surface area contributed by atoms with Gasteiger partial charge in [-0.3, -0.25) is 0 Å². The number of rotatable bonds is 4. The monoisotopic (exact) mass is 278 g/mol. The van der Waals surface area contributed by atoms with Crippen LogP contribution in [0.5, 0.6) is 6.01 Å². The van der Waals surface area contributed by atoms with E-state index in [9.17, 15) is 0 Å². The van der Waals surface area contributed by atoms with Crippen molar-refractivity contribution < 1.29 is 4.74 Å². The number of nitrogens with zero attached hydrogens (tertiary/aromatic N) is 2. The average molecular weight is 279 g/mol. The van der Waals surface area contributed by atoms with Crippen LogP contribution < -0.4 is 15.8 Å². The minimum atomic E-state index is -0.0293. The molecule has 0 saturated heterocycles. The summed E-state index contributed by atoms with van der Waals surface area (Å²) in [4.78, 5) is 8.09. The van der Waals surface area contributed by atoms with Crippen LogP contribution in [-0.2, 0) is 0 Å². The Kier molecular flexibility index (Phi) is 4.06. The zero-order valence-electron chi connectivity index (χ0n) is 10.7. The van der Waals surface area contributed by atoms with Gasteiger partial charge in [-0.1, -0.05) is 29.8 Å². The molecule has 1 aromatic carbocycles. The minimum absolute atomic E-state index is 0.0293. The second-order valence-corrected chi connectivity index (χ2v) is 4.46. The Morgan fingerprint density at radius 1 is 1.37 bits per heavy atom. The van der Waals surface area contributed by atoms with E-state index >= 15 is 0 Å². The standard InChI is InChI=1S/C13H15ClN4O/c1-8(9-5-3-4-6-11(9)15)17-12-10(14)7-16-13(18-12)19-2/h3-8H,15H2,1-2H3,(H,16,17,18). The highest BCUT2D eigenvalue weighted by Crippen LogP contribution is 2.27. The molecule has 5 nitrogen and oxygen atoms in total. The number of nitrogens with one attached hydrogen (secondary N) is 1. The third kappa shape index (κ3) is 3.06. The van der Waals surface area contributed by atoms with E-state index in [0.29, 0.717) is 10.8 Å². The second-order valence-electron chi connectivity index (χ2n) is 4.05. The fraction of sp³-hybridized carbons (Fsp3) is 0.231. The molecule has 1 atom stereocenters. The fourth-order valence-corrected chi connectivity index (χ4v) is 1.88. The molecular formula is C13H15ClN4O. The smallest absolute Gasteiger partial charge is 0.318 e. The maximum atomic E-state index is 6.05. The molecule has 0 aliphatic heterocycles. The van der Waals surface area contributed by atoms with Gasteiger partial charge in [0, 0.05) is 5.69 Å². The van der Waals surface area contributed by atoms with Gasteiger partial charge in [-0.15, -0.1) is 0 Å². The summed E-state index contributed by atoms with van der Waals surface area (Å²) in [7, 11) is 1.51. The largest absolute Gasteiger partial charge is 0.467 e. The highest BCUT2D eigenvalue weighted by Gasteiger charge is 2.12. The van der Waals surface area contributed by atoms with E-state index in [2.05, 4.69) is 15.3 Å². The van der Waals surface area contributed by atoms with Crippen LogP contribution in [0, 0.1) is 0 Å². The molecule has 6 heteroatoms. The van der Waals surface area contributed by atoms with Gasteiger partial charge in [0.25, 0.3) is 0 Å². The molecule has 0 bridgehead atoms. The van der Waals surface area contributed by atoms with Gasteiger partial charge in [-0.2, -0.15) is 4.98 Å². The summed E-state index contributed by atoms with van der Waals surface area (Å²) in [5.74, 6) is 0.518. The van der Waals surface area contributed by atoms with E-state index in [-0.39, 0.29) is 12.1 Å². The first kappa shape index (κ1) is 13.4. The highest BCUT2D eigenvalue weighted by molar-refractivity contribution is 6.32. The lowest BCUT2D eigenvalue weighted by atomic mass is 10.1. The average Bonchev–Trinajstić information content (AvgIpc) is 2.41. The molecule has 100 valence electrons. The van der Waals surface area contributed by atoms with Gasteiger partial charge in [0.1, 0.15) is 5.02 Å². The van der Waals surface area contributed by atoms with Crippen LogP contribution >= 0.6 is 11.6 Å². The molecular weight excluding hydrogens is 264 g/mol. The fourth-order valence-electron chi connectivity index (χ4n) is 1.74. The van der Waals surface area contributed by atoms with Crippen molar-refractivity contribution in [2.75, 3.05) is 18.2 Å². The summed E-state index contributed by atoms with van der Waals surface area (Å²) in [6.07, 6.45) is 1.50. The van der Waals surface area contributed by atoms with Crippen LogP contribution in [0.25, 0.3) is 0 Å². The van der Waals surface area contributed by atoms with E-state index in [1.54, 1.807) is 0 Å². The van der Waals surface area contributed by atoms with Gasteiger partial charge < -0.3 is 15.8 Å². The predicted molar refractivity (Wildman–Crippen MR) is 76.5 cm³/mol. The lowest BCUT2D eigenvalue weighted by Gasteiger charge is -2.17. The minimum Gasteiger partial charge on any atom is -0.467 e. The van der Waals surface area contributed by atoms with Crippen molar-refractivity contribution in [2.24, 2.45) is 0 Å². The third-order valence-electron chi connectivity index (χ3n) is 2.72. The highest BCUT2D eigenvalue weighted by atomic mass is 35.5. The quantitative estimate of drug-likeness (QED) is 0.841. The van der Waals surface area contributed by atoms with Gasteiger partial charge in [0.05, 0.1) is 19.3 Å². The number of anilines is 2. The molecule has 0 aliphatic carbocycles. The SMILES string of the molecule is COc1ncc(Cl)c(NC(C)c2ccccc2N)n1. The summed E-state index contributed by atoms with van der Waals surface area (Å²) in [6.45, 7) is 1.98. The van der Waals surface area contributed by atoms with E-state index in [1.807, 2.05) is 31.2 Å². The van der Waals surface area contributed by atoms with E-state index in [1.165, 1.54) is 13.3 Å². The molecule has 1 heterocycles. The van der Waals surface area contributed by atoms with Gasteiger partial charge in [0.15, 0.2) is 5.82 Å². The number of para-hydroxylation sites is 1. The van der Waals surface area contributed by atoms with Gasteiger partial charge in [0.2, 0.25) is 0 Å². The van der Waals surface area contributed by atoms with Crippen LogP contribution in [0.1, 0.15) is 18.5 Å². The summed E-state index contributed by atoms with van der Waals surface area (Å²) in [5.41, 5.74) is 7.64. The number of methoxy groups -OCH3 is 1. The van der Waals surface area contributed by atoms with Crippen molar-refractivity contribution in [3.63, 3.8) is 0 Å². The van der Waals surface area contributed by atoms with Crippen LogP contribution in [0.4, 0.5) is 11.5 Å². The van der Waals surface area contributed by atoms with Crippen molar-refractivity contribution in [1.29, 1.82) is 0 Å². The maximum Gasteiger partial charge on any atom is 0.318 e. The number of nitrogen functional groups attached to an aromatic ring is 1. The Hall–Kier alpha value is -2.01. The molecule has 19 heavy (non-hydrogen) atoms. The van der Waals surface area contributed by atoms with Crippen molar-refractivity contribution in [2.45, 2.75) is 13.0 Å². The number of hydrogen-bond donors (Lipinski definition) is 2. The number of ether oxygens (including phenoxy) is 1. The van der Waals surface area contributed by atoms with E-state index < -0.39 is 0 Å². The van der Waals surface area contributed by atoms with Crippen molar-refractivity contribution >= 4 is 23.1 Å². The van der Waals surface area contributed by atoms with Crippen LogP contribution in [0.2, 0.25) is 5.02 Å². The summed E-state index contributed by atoms with van der Waals surface area (Å²) in [5, 5.41) is 3.63. The molecule has 3 N–H and O–H groups in total. The van der Waals surface area contributed by atoms with Gasteiger partial charge in [-0.05, 0) is 18.6 Å². The van der Waals surface area contributed by atoms with Crippen molar-refractivity contribution in [3.8, 4) is 6.01 Å². The molecule has 2 rings (SSSR count). The molecule has 1 unspecified atom stereocenters. The number of aromatic nitrogens is 2. The first-order valence-corrected chi connectivity index (χ1v) is 6.17. The van der Waals surface area contributed by atoms with Crippen molar-refractivity contribution in [1.82, 2.24) is 9.97 Å². The molecule has 0 aliphatic rings. The zero-order valence-corrected chi connectivity index (χ0v) is 11.5. The molecule has 0 radical (unpaired) electrons. The second kappa shape index (κ2) is 5.75. The van der Waals surface area contributed by atoms with E-state index in [0.717, 1.165) is 11.3 Å². The number of nitrogens with two attached hydrogens (primary N) is 1. The summed E-state index contributed by atoms with van der Waals surface area (Å²) in [6, 6.07) is 7.88. The Morgan fingerprint density at radius 2 is 2.11 bits per heavy atom. The first-order valence-electron chi connectivity index (χ1n) is 5.79. The molecule has 0 spiro atoms. The maximum absolute atomic E-state index is 6.05. The summed E-state index contributed by atoms with van der Waals surface area (Å²) >= 11 is 6.05. The molecule has 2 aromatic rings. The van der Waals surface area contributed by atoms with Crippen LogP contribution in [0.15, 0.2) is 30.5 Å². The van der Waals surface area contributed by atoms with Crippen LogP contribution in [-0.4, -0.2) is 17.1 Å². The Balaban J connectivity index is 2.24. The van der Waals surface area contributed by atoms with Crippen LogP contribution in [0.3, 0.4) is 0 Å². The molecule has 1 aromatic heterocycles. The molecule has 0 fully saturated rings. The first-order chi connectivity index (χ1) is 9.11. The summed E-state index contributed by atoms with van der Waals surface area (Å²) < 4.78 is 4.98. The predicted octanol–water partition coefficient (Wildman–Crippen LogP) is 2.89. The normalized spacial score (nSPS) is 11.9. The van der Waals surface area contributed by atoms with Crippen molar-refractivity contribution in [3.05, 3.63) is 41.0 Å². The Morgan fingerprint density at radius 3 is 2.79 bits per heavy atom. The lowest BCUT2D eigenvalue weighted by Crippen LogP contribution is -2.11. The number of halogens is 1. The lowest BCUT2D eigenvalue weighted by molar-refractivity contribution is 0.380. The zero-order chi connectivity index (χ0) is 13.8. The molecule has 0 amide bonds.